The van der Waals surface area contributed by atoms with E-state index in [1.807, 2.05) is 0 Å². The maximum atomic E-state index is 12.3. The van der Waals surface area contributed by atoms with Crippen molar-refractivity contribution < 1.29 is 19.1 Å². The van der Waals surface area contributed by atoms with Crippen LogP contribution in [0.1, 0.15) is 32.3 Å². The van der Waals surface area contributed by atoms with Gasteiger partial charge in [0.2, 0.25) is 5.91 Å². The fourth-order valence-electron chi connectivity index (χ4n) is 2.45. The molecule has 0 aliphatic heterocycles. The Kier molecular flexibility index (Phi) is 5.83. The lowest BCUT2D eigenvalue weighted by molar-refractivity contribution is -0.151. The van der Waals surface area contributed by atoms with Gasteiger partial charge >= 0.3 is 5.97 Å². The van der Waals surface area contributed by atoms with Gasteiger partial charge in [-0.1, -0.05) is 23.7 Å². The zero-order valence-electron chi connectivity index (χ0n) is 13.7. The first kappa shape index (κ1) is 18.3. The third-order valence-electron chi connectivity index (χ3n) is 3.99. The molecule has 1 aliphatic carbocycles. The number of halogens is 1. The quantitative estimate of drug-likeness (QED) is 0.729. The van der Waals surface area contributed by atoms with Crippen molar-refractivity contribution in [3.05, 3.63) is 34.9 Å². The molecule has 0 saturated heterocycles. The van der Waals surface area contributed by atoms with E-state index in [9.17, 15) is 14.4 Å². The van der Waals surface area contributed by atoms with E-state index in [4.69, 9.17) is 16.3 Å². The summed E-state index contributed by atoms with van der Waals surface area (Å²) >= 11 is 5.86. The van der Waals surface area contributed by atoms with Gasteiger partial charge < -0.3 is 15.4 Å². The van der Waals surface area contributed by atoms with E-state index in [0.29, 0.717) is 24.4 Å². The van der Waals surface area contributed by atoms with Crippen molar-refractivity contribution in [1.82, 2.24) is 10.6 Å². The molecule has 1 atom stereocenters. The predicted octanol–water partition coefficient (Wildman–Crippen LogP) is 1.56. The zero-order chi connectivity index (χ0) is 17.7. The average Bonchev–Trinajstić information content (AvgIpc) is 3.35. The Hall–Kier alpha value is -2.08. The number of likely N-dealkylation sites (N-methyl/N-ethyl adjacent to an activating group) is 1. The molecule has 130 valence electrons. The second kappa shape index (κ2) is 7.66. The summed E-state index contributed by atoms with van der Waals surface area (Å²) in [6.07, 6.45) is 1.37. The summed E-state index contributed by atoms with van der Waals surface area (Å²) < 4.78 is 5.14. The molecule has 0 spiro atoms. The molecule has 0 aromatic heterocycles. The van der Waals surface area contributed by atoms with Gasteiger partial charge in [-0.2, -0.15) is 0 Å². The molecular formula is C17H21ClN2O4. The minimum atomic E-state index is -0.678. The number of nitrogens with one attached hydrogen (secondary N) is 2. The summed E-state index contributed by atoms with van der Waals surface area (Å²) in [6.45, 7) is 3.44. The van der Waals surface area contributed by atoms with E-state index in [-0.39, 0.29) is 5.91 Å². The van der Waals surface area contributed by atoms with Crippen molar-refractivity contribution in [2.24, 2.45) is 0 Å². The largest absolute Gasteiger partial charge is 0.455 e. The van der Waals surface area contributed by atoms with Crippen LogP contribution in [0.5, 0.6) is 0 Å². The maximum Gasteiger partial charge on any atom is 0.317 e. The van der Waals surface area contributed by atoms with Gasteiger partial charge in [0.05, 0.1) is 5.41 Å². The number of esters is 1. The lowest BCUT2D eigenvalue weighted by Gasteiger charge is -2.16. The maximum absolute atomic E-state index is 12.3. The van der Waals surface area contributed by atoms with Crippen molar-refractivity contribution in [3.8, 4) is 0 Å². The van der Waals surface area contributed by atoms with Crippen molar-refractivity contribution >= 4 is 29.4 Å². The fourth-order valence-corrected chi connectivity index (χ4v) is 2.58. The van der Waals surface area contributed by atoms with Gasteiger partial charge in [-0.25, -0.2) is 0 Å². The fraction of sp³-hybridized carbons (Fsp3) is 0.471. The van der Waals surface area contributed by atoms with Gasteiger partial charge in [-0.3, -0.25) is 14.4 Å². The van der Waals surface area contributed by atoms with Crippen LogP contribution >= 0.6 is 11.6 Å². The summed E-state index contributed by atoms with van der Waals surface area (Å²) in [5.74, 6) is -1.21. The smallest absolute Gasteiger partial charge is 0.317 e. The Balaban J connectivity index is 1.85. The molecule has 1 fully saturated rings. The number of hydrogen-bond donors (Lipinski definition) is 2. The molecule has 0 heterocycles. The lowest BCUT2D eigenvalue weighted by atomic mass is 9.96. The van der Waals surface area contributed by atoms with E-state index >= 15 is 0 Å². The number of ether oxygens (including phenoxy) is 1. The molecule has 2 rings (SSSR count). The number of rotatable bonds is 7. The highest BCUT2D eigenvalue weighted by Crippen LogP contribution is 2.49. The summed E-state index contributed by atoms with van der Waals surface area (Å²) in [7, 11) is 0. The second-order valence-electron chi connectivity index (χ2n) is 5.85. The Morgan fingerprint density at radius 3 is 2.42 bits per heavy atom. The second-order valence-corrected chi connectivity index (χ2v) is 6.29. The van der Waals surface area contributed by atoms with Gasteiger partial charge in [0, 0.05) is 11.6 Å². The molecule has 1 aromatic rings. The first-order chi connectivity index (χ1) is 11.4. The number of amides is 2. The van der Waals surface area contributed by atoms with Gasteiger partial charge in [-0.15, -0.1) is 0 Å². The third-order valence-corrected chi connectivity index (χ3v) is 4.25. The summed E-state index contributed by atoms with van der Waals surface area (Å²) in [5.41, 5.74) is 0.170. The van der Waals surface area contributed by atoms with E-state index < -0.39 is 29.9 Å². The van der Waals surface area contributed by atoms with Crippen LogP contribution in [-0.4, -0.2) is 37.0 Å². The minimum absolute atomic E-state index is 0.281. The summed E-state index contributed by atoms with van der Waals surface area (Å²) in [4.78, 5) is 35.7. The highest BCUT2D eigenvalue weighted by molar-refractivity contribution is 6.30. The van der Waals surface area contributed by atoms with Gasteiger partial charge in [-0.05, 0) is 44.4 Å². The van der Waals surface area contributed by atoms with Crippen LogP contribution in [-0.2, 0) is 24.5 Å². The normalized spacial score (nSPS) is 16.0. The minimum Gasteiger partial charge on any atom is -0.455 e. The monoisotopic (exact) mass is 352 g/mol. The Labute approximate surface area is 145 Å². The average molecular weight is 353 g/mol. The molecule has 1 saturated carbocycles. The van der Waals surface area contributed by atoms with Crippen molar-refractivity contribution in [3.63, 3.8) is 0 Å². The zero-order valence-corrected chi connectivity index (χ0v) is 14.5. The van der Waals surface area contributed by atoms with Crippen LogP contribution < -0.4 is 10.6 Å². The standard InChI is InChI=1S/C17H21ClN2O4/c1-3-19-15(22)11(2)20-14(21)10-24-16(23)17(8-9-17)12-4-6-13(18)7-5-12/h4-7,11H,3,8-10H2,1-2H3,(H,19,22)(H,20,21)/t11-/m0/s1. The highest BCUT2D eigenvalue weighted by atomic mass is 35.5. The SMILES string of the molecule is CCNC(=O)[C@H](C)NC(=O)COC(=O)C1(c2ccc(Cl)cc2)CC1. The molecule has 2 N–H and O–H groups in total. The van der Waals surface area contributed by atoms with Gasteiger partial charge in [0.1, 0.15) is 6.04 Å². The highest BCUT2D eigenvalue weighted by Gasteiger charge is 2.52. The molecule has 1 aromatic carbocycles. The molecular weight excluding hydrogens is 332 g/mol. The van der Waals surface area contributed by atoms with Crippen LogP contribution in [0.15, 0.2) is 24.3 Å². The molecule has 1 aliphatic rings. The van der Waals surface area contributed by atoms with Crippen LogP contribution in [0.3, 0.4) is 0 Å². The van der Waals surface area contributed by atoms with Crippen LogP contribution in [0.2, 0.25) is 5.02 Å². The molecule has 24 heavy (non-hydrogen) atoms. The summed E-state index contributed by atoms with van der Waals surface area (Å²) in [6, 6.07) is 6.37. The van der Waals surface area contributed by atoms with Crippen molar-refractivity contribution in [1.29, 1.82) is 0 Å². The van der Waals surface area contributed by atoms with E-state index in [1.54, 1.807) is 38.1 Å². The van der Waals surface area contributed by atoms with Crippen LogP contribution in [0.25, 0.3) is 0 Å². The predicted molar refractivity (Wildman–Crippen MR) is 89.6 cm³/mol. The number of carbonyl (C=O) groups excluding carboxylic acids is 3. The molecule has 7 heteroatoms. The van der Waals surface area contributed by atoms with Crippen molar-refractivity contribution in [2.45, 2.75) is 38.1 Å². The number of carbonyl (C=O) groups is 3. The third kappa shape index (κ3) is 4.26. The van der Waals surface area contributed by atoms with E-state index in [2.05, 4.69) is 10.6 Å². The number of hydrogen-bond acceptors (Lipinski definition) is 4. The summed E-state index contributed by atoms with van der Waals surface area (Å²) in [5, 5.41) is 5.70. The molecule has 2 amide bonds. The Morgan fingerprint density at radius 2 is 1.88 bits per heavy atom. The van der Waals surface area contributed by atoms with Crippen LogP contribution in [0.4, 0.5) is 0 Å². The van der Waals surface area contributed by atoms with Gasteiger partial charge in [0.25, 0.3) is 5.91 Å². The lowest BCUT2D eigenvalue weighted by Crippen LogP contribution is -2.46. The van der Waals surface area contributed by atoms with Gasteiger partial charge in [0.15, 0.2) is 6.61 Å². The van der Waals surface area contributed by atoms with E-state index in [0.717, 1.165) is 5.56 Å². The number of benzene rings is 1. The molecule has 0 radical (unpaired) electrons. The topological polar surface area (TPSA) is 84.5 Å². The Bertz CT molecular complexity index is 626. The molecule has 6 nitrogen and oxygen atoms in total. The van der Waals surface area contributed by atoms with E-state index in [1.165, 1.54) is 0 Å². The first-order valence-corrected chi connectivity index (χ1v) is 8.27. The first-order valence-electron chi connectivity index (χ1n) is 7.89. The van der Waals surface area contributed by atoms with Crippen molar-refractivity contribution in [2.75, 3.05) is 13.2 Å². The molecule has 0 unspecified atom stereocenters. The van der Waals surface area contributed by atoms with Crippen LogP contribution in [0, 0.1) is 0 Å². The Morgan fingerprint density at radius 1 is 1.25 bits per heavy atom. The molecule has 0 bridgehead atoms.